The van der Waals surface area contributed by atoms with Gasteiger partial charge in [-0.3, -0.25) is 0 Å². The van der Waals surface area contributed by atoms with Crippen molar-refractivity contribution in [3.05, 3.63) is 109 Å². The number of rotatable bonds is 17. The van der Waals surface area contributed by atoms with Crippen LogP contribution in [0.25, 0.3) is 0 Å². The molecule has 0 fully saturated rings. The van der Waals surface area contributed by atoms with Crippen molar-refractivity contribution >= 4 is 19.7 Å². The van der Waals surface area contributed by atoms with E-state index in [1.54, 1.807) is 42.7 Å². The zero-order chi connectivity index (χ0) is 32.1. The Labute approximate surface area is 264 Å². The van der Waals surface area contributed by atoms with Crippen LogP contribution in [0, 0.1) is 0 Å². The number of phenols is 1. The van der Waals surface area contributed by atoms with Crippen LogP contribution in [-0.2, 0) is 24.4 Å². The smallest absolute Gasteiger partial charge is 0.206 e. The topological polar surface area (TPSA) is 125 Å². The van der Waals surface area contributed by atoms with Crippen molar-refractivity contribution in [3.63, 3.8) is 0 Å². The Hall–Kier alpha value is -4.32. The quantitative estimate of drug-likeness (QED) is 0.0990. The van der Waals surface area contributed by atoms with Crippen LogP contribution in [0.3, 0.4) is 0 Å². The Morgan fingerprint density at radius 3 is 1.40 bits per heavy atom. The molecule has 0 amide bonds. The van der Waals surface area contributed by atoms with E-state index in [9.17, 15) is 21.9 Å². The minimum Gasteiger partial charge on any atom is -0.508 e. The summed E-state index contributed by atoms with van der Waals surface area (Å²) >= 11 is 0. The summed E-state index contributed by atoms with van der Waals surface area (Å²) in [5, 5.41) is 9.38. The number of hydrogen-bond acceptors (Lipinski definition) is 9. The third-order valence-corrected chi connectivity index (χ3v) is 10.1. The summed E-state index contributed by atoms with van der Waals surface area (Å²) in [4.78, 5) is 0.528. The Morgan fingerprint density at radius 1 is 0.578 bits per heavy atom. The van der Waals surface area contributed by atoms with Crippen LogP contribution >= 0.6 is 0 Å². The molecule has 0 aliphatic carbocycles. The molecule has 0 radical (unpaired) electrons. The van der Waals surface area contributed by atoms with Crippen LogP contribution in [0.2, 0.25) is 0 Å². The zero-order valence-electron chi connectivity index (χ0n) is 24.9. The molecule has 0 aliphatic heterocycles. The van der Waals surface area contributed by atoms with Crippen LogP contribution < -0.4 is 14.2 Å². The van der Waals surface area contributed by atoms with E-state index in [4.69, 9.17) is 18.9 Å². The molecule has 0 aliphatic rings. The number of unbranched alkanes of at least 4 members (excludes halogenated alkanes) is 2. The molecule has 1 N–H and O–H groups in total. The van der Waals surface area contributed by atoms with Crippen molar-refractivity contribution in [2.75, 3.05) is 26.4 Å². The van der Waals surface area contributed by atoms with Crippen molar-refractivity contribution in [1.82, 2.24) is 0 Å². The molecular formula is C34H36O9S2. The van der Waals surface area contributed by atoms with Crippen LogP contribution in [-0.4, -0.2) is 48.4 Å². The fraction of sp³-hybridized carbons (Fsp3) is 0.235. The average Bonchev–Trinajstić information content (AvgIpc) is 3.05. The maximum atomic E-state index is 13.0. The molecule has 0 saturated carbocycles. The van der Waals surface area contributed by atoms with Gasteiger partial charge in [0.25, 0.3) is 0 Å². The van der Waals surface area contributed by atoms with Gasteiger partial charge >= 0.3 is 0 Å². The molecule has 0 spiro atoms. The van der Waals surface area contributed by atoms with Gasteiger partial charge in [-0.1, -0.05) is 13.3 Å². The van der Waals surface area contributed by atoms with Crippen molar-refractivity contribution in [2.24, 2.45) is 0 Å². The number of benzene rings is 4. The first kappa shape index (κ1) is 33.6. The van der Waals surface area contributed by atoms with E-state index in [1.807, 2.05) is 6.08 Å². The highest BCUT2D eigenvalue weighted by Gasteiger charge is 2.18. The lowest BCUT2D eigenvalue weighted by atomic mass is 10.2. The van der Waals surface area contributed by atoms with Gasteiger partial charge < -0.3 is 24.1 Å². The molecule has 238 valence electrons. The molecule has 0 aromatic heterocycles. The Kier molecular flexibility index (Phi) is 12.0. The predicted octanol–water partition coefficient (Wildman–Crippen LogP) is 6.61. The second kappa shape index (κ2) is 16.1. The third-order valence-electron chi connectivity index (χ3n) is 6.57. The molecule has 0 bridgehead atoms. The number of sulfone groups is 2. The summed E-state index contributed by atoms with van der Waals surface area (Å²) in [7, 11) is -7.39. The first-order chi connectivity index (χ1) is 21.7. The number of ether oxygens (including phenoxy) is 4. The molecule has 4 aromatic rings. The van der Waals surface area contributed by atoms with Crippen LogP contribution in [0.15, 0.2) is 129 Å². The van der Waals surface area contributed by atoms with Crippen LogP contribution in [0.5, 0.6) is 23.0 Å². The summed E-state index contributed by atoms with van der Waals surface area (Å²) in [6.45, 7) is 3.20. The number of aromatic hydroxyl groups is 1. The second-order valence-corrected chi connectivity index (χ2v) is 13.8. The Balaban J connectivity index is 1.16. The molecule has 4 aromatic carbocycles. The molecule has 0 saturated heterocycles. The summed E-state index contributed by atoms with van der Waals surface area (Å²) in [6, 6.07) is 23.9. The summed E-state index contributed by atoms with van der Waals surface area (Å²) in [5.41, 5.74) is 0. The maximum Gasteiger partial charge on any atom is 0.206 e. The molecule has 45 heavy (non-hydrogen) atoms. The van der Waals surface area contributed by atoms with Crippen molar-refractivity contribution in [3.8, 4) is 23.0 Å². The standard InChI is InChI=1S/C34H36O9S2/c1-2-3-4-5-22-41-28-8-16-33(17-9-28)45(38,39)34-20-12-30(13-21-34)43-26-24-40-23-25-42-29-10-18-32(19-11-29)44(36,37)31-14-6-27(35)7-15-31/h5-22,35H,2-4,23-26H2,1H3. The van der Waals surface area contributed by atoms with Gasteiger partial charge in [-0.2, -0.15) is 0 Å². The number of phenolic OH excluding ortho intramolecular Hbond substituents is 1. The lowest BCUT2D eigenvalue weighted by molar-refractivity contribution is 0.0764. The van der Waals surface area contributed by atoms with Gasteiger partial charge in [-0.25, -0.2) is 16.8 Å². The summed E-state index contributed by atoms with van der Waals surface area (Å²) in [6.07, 6.45) is 6.70. The predicted molar refractivity (Wildman–Crippen MR) is 169 cm³/mol. The van der Waals surface area contributed by atoms with E-state index in [1.165, 1.54) is 60.7 Å². The van der Waals surface area contributed by atoms with Gasteiger partial charge in [0, 0.05) is 0 Å². The van der Waals surface area contributed by atoms with Gasteiger partial charge in [0.1, 0.15) is 36.2 Å². The Bertz CT molecular complexity index is 1730. The van der Waals surface area contributed by atoms with E-state index in [2.05, 4.69) is 6.92 Å². The minimum atomic E-state index is -3.70. The van der Waals surface area contributed by atoms with Crippen molar-refractivity contribution in [2.45, 2.75) is 45.8 Å². The number of allylic oxidation sites excluding steroid dienone is 1. The van der Waals surface area contributed by atoms with Gasteiger partial charge in [0.15, 0.2) is 0 Å². The SMILES string of the molecule is CCCCC=COc1ccc(S(=O)(=O)c2ccc(OCCOCCOc3ccc(S(=O)(=O)c4ccc(O)cc4)cc3)cc2)cc1. The molecular weight excluding hydrogens is 616 g/mol. The van der Waals surface area contributed by atoms with Gasteiger partial charge in [-0.15, -0.1) is 0 Å². The molecule has 9 nitrogen and oxygen atoms in total. The first-order valence-electron chi connectivity index (χ1n) is 14.4. The highest BCUT2D eigenvalue weighted by molar-refractivity contribution is 7.91. The monoisotopic (exact) mass is 652 g/mol. The van der Waals surface area contributed by atoms with Crippen LogP contribution in [0.4, 0.5) is 0 Å². The van der Waals surface area contributed by atoms with Crippen molar-refractivity contribution in [1.29, 1.82) is 0 Å². The van der Waals surface area contributed by atoms with Gasteiger partial charge in [-0.05, 0) is 116 Å². The fourth-order valence-corrected chi connectivity index (χ4v) is 6.60. The maximum absolute atomic E-state index is 13.0. The lowest BCUT2D eigenvalue weighted by Gasteiger charge is -2.10. The first-order valence-corrected chi connectivity index (χ1v) is 17.4. The highest BCUT2D eigenvalue weighted by Crippen LogP contribution is 2.26. The fourth-order valence-electron chi connectivity index (χ4n) is 4.08. The van der Waals surface area contributed by atoms with E-state index in [-0.39, 0.29) is 51.8 Å². The number of hydrogen-bond donors (Lipinski definition) is 1. The summed E-state index contributed by atoms with van der Waals surface area (Å²) < 4.78 is 73.8. The van der Waals surface area contributed by atoms with E-state index in [0.717, 1.165) is 19.3 Å². The van der Waals surface area contributed by atoms with Gasteiger partial charge in [0.2, 0.25) is 19.7 Å². The van der Waals surface area contributed by atoms with E-state index in [0.29, 0.717) is 17.2 Å². The van der Waals surface area contributed by atoms with Gasteiger partial charge in [0.05, 0.1) is 39.1 Å². The molecule has 0 heterocycles. The van der Waals surface area contributed by atoms with Crippen molar-refractivity contribution < 1.29 is 40.9 Å². The molecule has 4 rings (SSSR count). The molecule has 0 atom stereocenters. The van der Waals surface area contributed by atoms with E-state index < -0.39 is 19.7 Å². The minimum absolute atomic E-state index is 0.00997. The lowest BCUT2D eigenvalue weighted by Crippen LogP contribution is -2.12. The second-order valence-electron chi connectivity index (χ2n) is 9.86. The zero-order valence-corrected chi connectivity index (χ0v) is 26.5. The Morgan fingerprint density at radius 2 is 0.978 bits per heavy atom. The van der Waals surface area contributed by atoms with Crippen LogP contribution in [0.1, 0.15) is 26.2 Å². The highest BCUT2D eigenvalue weighted by atomic mass is 32.2. The summed E-state index contributed by atoms with van der Waals surface area (Å²) in [5.74, 6) is 1.56. The normalized spacial score (nSPS) is 11.8. The molecule has 11 heteroatoms. The molecule has 0 unspecified atom stereocenters. The average molecular weight is 653 g/mol. The van der Waals surface area contributed by atoms with E-state index >= 15 is 0 Å². The third kappa shape index (κ3) is 9.58. The largest absolute Gasteiger partial charge is 0.508 e.